The molecule has 4 heteroatoms. The van der Waals surface area contributed by atoms with Crippen LogP contribution in [0.4, 0.5) is 0 Å². The molecule has 18 heavy (non-hydrogen) atoms. The summed E-state index contributed by atoms with van der Waals surface area (Å²) in [7, 11) is -1.36. The molecule has 0 aliphatic rings. The van der Waals surface area contributed by atoms with E-state index >= 15 is 0 Å². The van der Waals surface area contributed by atoms with E-state index in [9.17, 15) is 4.79 Å². The second-order valence-electron chi connectivity index (χ2n) is 4.69. The Morgan fingerprint density at radius 2 is 1.89 bits per heavy atom. The fourth-order valence-corrected chi connectivity index (χ4v) is 2.22. The van der Waals surface area contributed by atoms with Crippen LogP contribution in [0.3, 0.4) is 0 Å². The summed E-state index contributed by atoms with van der Waals surface area (Å²) in [5, 5.41) is 0. The Balaban J connectivity index is 3.16. The van der Waals surface area contributed by atoms with Gasteiger partial charge >= 0.3 is 5.97 Å². The van der Waals surface area contributed by atoms with Crippen LogP contribution in [-0.2, 0) is 9.53 Å². The number of esters is 1. The molecule has 0 radical (unpaired) electrons. The molecule has 0 heterocycles. The predicted molar refractivity (Wildman–Crippen MR) is 78.2 cm³/mol. The van der Waals surface area contributed by atoms with Gasteiger partial charge in [0.1, 0.15) is 0 Å². The summed E-state index contributed by atoms with van der Waals surface area (Å²) in [5.41, 5.74) is 1.65. The zero-order valence-electron chi connectivity index (χ0n) is 11.4. The molecule has 1 rings (SSSR count). The van der Waals surface area contributed by atoms with Crippen LogP contribution >= 0.6 is 7.05 Å². The van der Waals surface area contributed by atoms with Crippen molar-refractivity contribution in [1.82, 2.24) is 0 Å². The van der Waals surface area contributed by atoms with Gasteiger partial charge in [0.05, 0.1) is 12.3 Å². The maximum atomic E-state index is 11.6. The number of benzene rings is 1. The second kappa shape index (κ2) is 6.55. The Kier molecular flexibility index (Phi) is 5.36. The number of nitrogens with zero attached hydrogens (tertiary/aromatic N) is 1. The van der Waals surface area contributed by atoms with Crippen molar-refractivity contribution >= 4 is 18.7 Å². The summed E-state index contributed by atoms with van der Waals surface area (Å²) >= 11 is 0. The monoisotopic (exact) mass is 265 g/mol. The maximum Gasteiger partial charge on any atom is 0.332 e. The SMILES string of the molecule is CCOC(=O)/C=C(/N=P(C)(C)C)c1ccccc1. The standard InChI is InChI=1S/C14H20NO2P/c1-5-17-14(16)11-13(15-18(2,3)4)12-9-7-6-8-10-12/h6-11H,5H2,1-4H3/b13-11+. The van der Waals surface area contributed by atoms with Crippen molar-refractivity contribution in [3.63, 3.8) is 0 Å². The minimum atomic E-state index is -1.36. The van der Waals surface area contributed by atoms with Crippen LogP contribution in [0.15, 0.2) is 41.2 Å². The lowest BCUT2D eigenvalue weighted by atomic mass is 10.1. The molecule has 0 saturated heterocycles. The molecule has 0 fully saturated rings. The van der Waals surface area contributed by atoms with Crippen LogP contribution in [0, 0.1) is 0 Å². The normalized spacial score (nSPS) is 12.1. The molecular formula is C14H20NO2P. The first-order valence-corrected chi connectivity index (χ1v) is 8.99. The smallest absolute Gasteiger partial charge is 0.332 e. The summed E-state index contributed by atoms with van der Waals surface area (Å²) in [6, 6.07) is 9.71. The van der Waals surface area contributed by atoms with Crippen LogP contribution in [0.5, 0.6) is 0 Å². The predicted octanol–water partition coefficient (Wildman–Crippen LogP) is 3.68. The van der Waals surface area contributed by atoms with Gasteiger partial charge in [-0.3, -0.25) is 4.74 Å². The molecule has 1 aromatic rings. The molecule has 0 spiro atoms. The molecule has 0 aromatic heterocycles. The highest BCUT2D eigenvalue weighted by Crippen LogP contribution is 2.39. The van der Waals surface area contributed by atoms with Crippen molar-refractivity contribution in [1.29, 1.82) is 0 Å². The van der Waals surface area contributed by atoms with Gasteiger partial charge in [0.15, 0.2) is 0 Å². The van der Waals surface area contributed by atoms with Crippen LogP contribution in [0.1, 0.15) is 12.5 Å². The highest BCUT2D eigenvalue weighted by Gasteiger charge is 2.06. The lowest BCUT2D eigenvalue weighted by Gasteiger charge is -2.09. The Bertz CT molecular complexity index is 478. The molecule has 0 unspecified atom stereocenters. The van der Waals surface area contributed by atoms with Gasteiger partial charge in [-0.05, 0) is 34.0 Å². The zero-order valence-corrected chi connectivity index (χ0v) is 12.3. The number of carbonyl (C=O) groups is 1. The highest BCUT2D eigenvalue weighted by atomic mass is 31.2. The molecular weight excluding hydrogens is 245 g/mol. The van der Waals surface area contributed by atoms with E-state index in [1.165, 1.54) is 6.08 Å². The molecule has 0 N–H and O–H groups in total. The first-order valence-electron chi connectivity index (χ1n) is 5.91. The lowest BCUT2D eigenvalue weighted by molar-refractivity contribution is -0.137. The van der Waals surface area contributed by atoms with Crippen molar-refractivity contribution in [2.45, 2.75) is 6.92 Å². The minimum absolute atomic E-state index is 0.339. The molecule has 0 amide bonds. The van der Waals surface area contributed by atoms with Gasteiger partial charge in [-0.25, -0.2) is 4.79 Å². The van der Waals surface area contributed by atoms with Gasteiger partial charge in [-0.1, -0.05) is 30.3 Å². The Labute approximate surface area is 109 Å². The third-order valence-electron chi connectivity index (χ3n) is 2.02. The summed E-state index contributed by atoms with van der Waals surface area (Å²) in [6.07, 6.45) is 1.48. The van der Waals surface area contributed by atoms with E-state index in [2.05, 4.69) is 24.7 Å². The summed E-state index contributed by atoms with van der Waals surface area (Å²) in [6.45, 7) is 8.49. The van der Waals surface area contributed by atoms with Crippen molar-refractivity contribution in [2.75, 3.05) is 26.6 Å². The average molecular weight is 265 g/mol. The molecule has 0 bridgehead atoms. The Hall–Kier alpha value is -1.34. The molecule has 3 nitrogen and oxygen atoms in total. The minimum Gasteiger partial charge on any atom is -0.463 e. The number of hydrogen-bond donors (Lipinski definition) is 0. The molecule has 0 saturated carbocycles. The summed E-state index contributed by atoms with van der Waals surface area (Å²) in [5.74, 6) is -0.339. The topological polar surface area (TPSA) is 38.7 Å². The van der Waals surface area contributed by atoms with E-state index in [0.717, 1.165) is 5.56 Å². The molecule has 0 aliphatic heterocycles. The maximum absolute atomic E-state index is 11.6. The van der Waals surface area contributed by atoms with Gasteiger partial charge in [0.2, 0.25) is 0 Å². The molecule has 1 aromatic carbocycles. The second-order valence-corrected chi connectivity index (χ2v) is 8.77. The van der Waals surface area contributed by atoms with E-state index in [1.54, 1.807) is 6.92 Å². The van der Waals surface area contributed by atoms with Gasteiger partial charge in [-0.15, -0.1) is 0 Å². The molecule has 0 aliphatic carbocycles. The van der Waals surface area contributed by atoms with E-state index in [1.807, 2.05) is 30.3 Å². The number of hydrogen-bond acceptors (Lipinski definition) is 3. The first-order chi connectivity index (χ1) is 8.42. The average Bonchev–Trinajstić information content (AvgIpc) is 2.28. The Morgan fingerprint density at radius 1 is 1.28 bits per heavy atom. The third-order valence-corrected chi connectivity index (χ3v) is 2.83. The van der Waals surface area contributed by atoms with Crippen molar-refractivity contribution in [3.8, 4) is 0 Å². The fraction of sp³-hybridized carbons (Fsp3) is 0.357. The van der Waals surface area contributed by atoms with Crippen molar-refractivity contribution < 1.29 is 9.53 Å². The highest BCUT2D eigenvalue weighted by molar-refractivity contribution is 7.64. The quantitative estimate of drug-likeness (QED) is 0.473. The van der Waals surface area contributed by atoms with E-state index in [0.29, 0.717) is 12.3 Å². The Morgan fingerprint density at radius 3 is 2.39 bits per heavy atom. The van der Waals surface area contributed by atoms with Gasteiger partial charge in [0.25, 0.3) is 0 Å². The van der Waals surface area contributed by atoms with E-state index in [4.69, 9.17) is 4.74 Å². The fourth-order valence-electron chi connectivity index (χ4n) is 1.40. The number of ether oxygens (including phenoxy) is 1. The van der Waals surface area contributed by atoms with Crippen LogP contribution in [0.25, 0.3) is 5.70 Å². The van der Waals surface area contributed by atoms with Crippen LogP contribution in [-0.4, -0.2) is 32.6 Å². The van der Waals surface area contributed by atoms with Gasteiger partial charge in [-0.2, -0.15) is 0 Å². The summed E-state index contributed by atoms with van der Waals surface area (Å²) in [4.78, 5) is 11.6. The lowest BCUT2D eigenvalue weighted by Crippen LogP contribution is -2.00. The largest absolute Gasteiger partial charge is 0.463 e. The molecule has 98 valence electrons. The zero-order chi connectivity index (χ0) is 13.6. The van der Waals surface area contributed by atoms with Gasteiger partial charge in [0, 0.05) is 11.6 Å². The van der Waals surface area contributed by atoms with Crippen molar-refractivity contribution in [3.05, 3.63) is 42.0 Å². The number of rotatable bonds is 4. The third kappa shape index (κ3) is 5.33. The van der Waals surface area contributed by atoms with Gasteiger partial charge < -0.3 is 4.74 Å². The van der Waals surface area contributed by atoms with E-state index < -0.39 is 7.05 Å². The van der Waals surface area contributed by atoms with Crippen molar-refractivity contribution in [2.24, 2.45) is 4.74 Å². The van der Waals surface area contributed by atoms with Crippen LogP contribution < -0.4 is 0 Å². The van der Waals surface area contributed by atoms with Crippen LogP contribution in [0.2, 0.25) is 0 Å². The molecule has 0 atom stereocenters. The number of carbonyl (C=O) groups excluding carboxylic acids is 1. The van der Waals surface area contributed by atoms with E-state index in [-0.39, 0.29) is 5.97 Å². The first kappa shape index (κ1) is 14.7. The summed E-state index contributed by atoms with van der Waals surface area (Å²) < 4.78 is 9.62.